The SMILES string of the molecule is COc1cc(Br)cc(C=Nn2c(C3CCCCC3)nc3ccc(Br)cc3c2=O)c1O[C@@H](C)C(=O)O. The Morgan fingerprint density at radius 3 is 2.63 bits per heavy atom. The lowest BCUT2D eigenvalue weighted by Crippen LogP contribution is -2.25. The first-order chi connectivity index (χ1) is 16.8. The predicted octanol–water partition coefficient (Wildman–Crippen LogP) is 5.71. The van der Waals surface area contributed by atoms with E-state index in [0.29, 0.717) is 32.5 Å². The number of aromatic nitrogens is 2. The minimum atomic E-state index is -1.11. The number of carbonyl (C=O) groups is 1. The average Bonchev–Trinajstić information content (AvgIpc) is 2.85. The molecule has 184 valence electrons. The molecule has 1 aliphatic carbocycles. The largest absolute Gasteiger partial charge is 0.493 e. The van der Waals surface area contributed by atoms with Gasteiger partial charge >= 0.3 is 5.97 Å². The molecule has 0 amide bonds. The summed E-state index contributed by atoms with van der Waals surface area (Å²) in [4.78, 5) is 29.8. The third-order valence-electron chi connectivity index (χ3n) is 6.03. The van der Waals surface area contributed by atoms with Crippen LogP contribution in [0.4, 0.5) is 0 Å². The number of benzene rings is 2. The van der Waals surface area contributed by atoms with Crippen molar-refractivity contribution in [3.05, 3.63) is 61.0 Å². The van der Waals surface area contributed by atoms with Crippen molar-refractivity contribution in [1.29, 1.82) is 0 Å². The van der Waals surface area contributed by atoms with Crippen LogP contribution in [-0.2, 0) is 4.79 Å². The van der Waals surface area contributed by atoms with E-state index < -0.39 is 12.1 Å². The maximum Gasteiger partial charge on any atom is 0.344 e. The lowest BCUT2D eigenvalue weighted by molar-refractivity contribution is -0.144. The summed E-state index contributed by atoms with van der Waals surface area (Å²) in [6.07, 6.45) is 5.59. The van der Waals surface area contributed by atoms with Crippen LogP contribution in [0.1, 0.15) is 56.3 Å². The lowest BCUT2D eigenvalue weighted by Gasteiger charge is -2.23. The van der Waals surface area contributed by atoms with Gasteiger partial charge in [0.05, 0.1) is 24.2 Å². The smallest absolute Gasteiger partial charge is 0.344 e. The summed E-state index contributed by atoms with van der Waals surface area (Å²) in [6, 6.07) is 8.85. The Hall–Kier alpha value is -2.72. The molecule has 1 fully saturated rings. The number of rotatable bonds is 7. The Bertz CT molecular complexity index is 1350. The van der Waals surface area contributed by atoms with Crippen LogP contribution in [0.2, 0.25) is 0 Å². The fraction of sp³-hybridized carbons (Fsp3) is 0.360. The van der Waals surface area contributed by atoms with Gasteiger partial charge in [-0.2, -0.15) is 9.78 Å². The first kappa shape index (κ1) is 25.4. The highest BCUT2D eigenvalue weighted by Gasteiger charge is 2.23. The van der Waals surface area contributed by atoms with Crippen LogP contribution in [0.15, 0.2) is 49.2 Å². The molecule has 1 saturated carbocycles. The molecule has 8 nitrogen and oxygen atoms in total. The zero-order chi connectivity index (χ0) is 25.1. The number of hydrogen-bond acceptors (Lipinski definition) is 6. The highest BCUT2D eigenvalue weighted by molar-refractivity contribution is 9.10. The number of aliphatic carboxylic acids is 1. The van der Waals surface area contributed by atoms with Gasteiger partial charge in [-0.15, -0.1) is 0 Å². The molecule has 2 aromatic carbocycles. The summed E-state index contributed by atoms with van der Waals surface area (Å²) in [7, 11) is 1.47. The topological polar surface area (TPSA) is 103 Å². The van der Waals surface area contributed by atoms with E-state index in [-0.39, 0.29) is 17.2 Å². The van der Waals surface area contributed by atoms with E-state index in [1.807, 2.05) is 12.1 Å². The van der Waals surface area contributed by atoms with E-state index in [2.05, 4.69) is 37.0 Å². The Kier molecular flexibility index (Phi) is 7.91. The minimum Gasteiger partial charge on any atom is -0.493 e. The second-order valence-corrected chi connectivity index (χ2v) is 10.3. The highest BCUT2D eigenvalue weighted by Crippen LogP contribution is 2.35. The standard InChI is InChI=1S/C25H25Br2N3O5/c1-14(25(32)33)35-22-16(10-18(27)12-21(22)34-2)13-28-30-23(15-6-4-3-5-7-15)29-20-9-8-17(26)11-19(20)24(30)31/h8-15H,3-7H2,1-2H3,(H,32,33)/t14-/m0/s1. The molecule has 1 heterocycles. The first-order valence-corrected chi connectivity index (χ1v) is 12.9. The fourth-order valence-corrected chi connectivity index (χ4v) is 5.03. The molecule has 0 aliphatic heterocycles. The number of carboxylic acids is 1. The summed E-state index contributed by atoms with van der Waals surface area (Å²) >= 11 is 6.87. The van der Waals surface area contributed by atoms with Crippen LogP contribution >= 0.6 is 31.9 Å². The summed E-state index contributed by atoms with van der Waals surface area (Å²) in [5.74, 6) is 0.205. The Morgan fingerprint density at radius 2 is 1.94 bits per heavy atom. The normalized spacial score (nSPS) is 15.4. The molecule has 0 unspecified atom stereocenters. The number of carboxylic acid groups (broad SMARTS) is 1. The molecule has 0 radical (unpaired) electrons. The number of hydrogen-bond donors (Lipinski definition) is 1. The molecule has 10 heteroatoms. The van der Waals surface area contributed by atoms with Gasteiger partial charge in [-0.25, -0.2) is 9.78 Å². The zero-order valence-corrected chi connectivity index (χ0v) is 22.5. The molecule has 0 bridgehead atoms. The van der Waals surface area contributed by atoms with Crippen LogP contribution in [0.5, 0.6) is 11.5 Å². The van der Waals surface area contributed by atoms with Gasteiger partial charge in [-0.3, -0.25) is 4.79 Å². The Balaban J connectivity index is 1.87. The van der Waals surface area contributed by atoms with E-state index in [4.69, 9.17) is 14.5 Å². The van der Waals surface area contributed by atoms with Crippen molar-refractivity contribution >= 4 is 54.9 Å². The molecule has 3 aromatic rings. The molecule has 35 heavy (non-hydrogen) atoms. The first-order valence-electron chi connectivity index (χ1n) is 11.3. The molecule has 0 saturated heterocycles. The van der Waals surface area contributed by atoms with Crippen molar-refractivity contribution in [2.75, 3.05) is 7.11 Å². The van der Waals surface area contributed by atoms with Gasteiger partial charge in [0.15, 0.2) is 17.6 Å². The fourth-order valence-electron chi connectivity index (χ4n) is 4.21. The summed E-state index contributed by atoms with van der Waals surface area (Å²) in [5.41, 5.74) is 0.824. The van der Waals surface area contributed by atoms with Gasteiger partial charge in [0.1, 0.15) is 5.82 Å². The number of halogens is 2. The highest BCUT2D eigenvalue weighted by atomic mass is 79.9. The van der Waals surface area contributed by atoms with Crippen molar-refractivity contribution in [3.8, 4) is 11.5 Å². The van der Waals surface area contributed by atoms with Gasteiger partial charge in [0.25, 0.3) is 5.56 Å². The number of nitrogens with zero attached hydrogens (tertiary/aromatic N) is 3. The van der Waals surface area contributed by atoms with Crippen molar-refractivity contribution in [3.63, 3.8) is 0 Å². The van der Waals surface area contributed by atoms with E-state index in [1.165, 1.54) is 31.3 Å². The van der Waals surface area contributed by atoms with Gasteiger partial charge in [-0.05, 0) is 50.1 Å². The average molecular weight is 607 g/mol. The molecular weight excluding hydrogens is 582 g/mol. The summed E-state index contributed by atoms with van der Waals surface area (Å²) < 4.78 is 13.9. The molecule has 1 N–H and O–H groups in total. The Labute approximate surface area is 219 Å². The van der Waals surface area contributed by atoms with E-state index in [1.54, 1.807) is 18.2 Å². The molecule has 1 aromatic heterocycles. The minimum absolute atomic E-state index is 0.126. The van der Waals surface area contributed by atoms with Gasteiger partial charge in [0, 0.05) is 20.4 Å². The van der Waals surface area contributed by atoms with Crippen LogP contribution < -0.4 is 15.0 Å². The van der Waals surface area contributed by atoms with E-state index in [0.717, 1.165) is 30.2 Å². The maximum absolute atomic E-state index is 13.6. The number of ether oxygens (including phenoxy) is 2. The third kappa shape index (κ3) is 5.59. The molecule has 1 atom stereocenters. The quantitative estimate of drug-likeness (QED) is 0.346. The van der Waals surface area contributed by atoms with E-state index >= 15 is 0 Å². The second kappa shape index (κ2) is 10.9. The molecule has 0 spiro atoms. The monoisotopic (exact) mass is 605 g/mol. The number of fused-ring (bicyclic) bond motifs is 1. The van der Waals surface area contributed by atoms with Gasteiger partial charge in [0.2, 0.25) is 0 Å². The molecular formula is C25H25Br2N3O5. The van der Waals surface area contributed by atoms with Gasteiger partial charge < -0.3 is 14.6 Å². The van der Waals surface area contributed by atoms with E-state index in [9.17, 15) is 14.7 Å². The zero-order valence-electron chi connectivity index (χ0n) is 19.3. The van der Waals surface area contributed by atoms with Crippen LogP contribution in [0.25, 0.3) is 10.9 Å². The third-order valence-corrected chi connectivity index (χ3v) is 6.98. The summed E-state index contributed by atoms with van der Waals surface area (Å²) in [5, 5.41) is 14.3. The maximum atomic E-state index is 13.6. The van der Waals surface area contributed by atoms with Crippen molar-refractivity contribution in [1.82, 2.24) is 9.66 Å². The van der Waals surface area contributed by atoms with Crippen LogP contribution in [0.3, 0.4) is 0 Å². The summed E-state index contributed by atoms with van der Waals surface area (Å²) in [6.45, 7) is 1.43. The molecule has 1 aliphatic rings. The second-order valence-electron chi connectivity index (χ2n) is 8.45. The van der Waals surface area contributed by atoms with Gasteiger partial charge in [-0.1, -0.05) is 51.1 Å². The predicted molar refractivity (Wildman–Crippen MR) is 141 cm³/mol. The van der Waals surface area contributed by atoms with Crippen LogP contribution in [0, 0.1) is 0 Å². The van der Waals surface area contributed by atoms with Crippen molar-refractivity contribution in [2.24, 2.45) is 5.10 Å². The lowest BCUT2D eigenvalue weighted by atomic mass is 9.88. The Morgan fingerprint density at radius 1 is 1.20 bits per heavy atom. The van der Waals surface area contributed by atoms with Crippen molar-refractivity contribution < 1.29 is 19.4 Å². The van der Waals surface area contributed by atoms with Crippen molar-refractivity contribution in [2.45, 2.75) is 51.0 Å². The number of methoxy groups -OCH3 is 1. The van der Waals surface area contributed by atoms with Crippen LogP contribution in [-0.4, -0.2) is 40.2 Å². The molecule has 4 rings (SSSR count).